The maximum atomic E-state index is 13.8. The van der Waals surface area contributed by atoms with E-state index in [4.69, 9.17) is 0 Å². The highest BCUT2D eigenvalue weighted by atomic mass is 16.2. The van der Waals surface area contributed by atoms with Gasteiger partial charge in [-0.25, -0.2) is 0 Å². The number of rotatable bonds is 3. The Morgan fingerprint density at radius 2 is 1.93 bits per heavy atom. The standard InChI is InChI=1S/C23H21N3O2/c1-16-20-10-12-26(15-19-9-5-6-11-25-19)22(28)23(20,13-17(14-24)21(16)27)18-7-3-2-4-8-18/h2-9,11,13,16,20H,10,12,15H2,1H3/t16-,20+,23-/m1/s1. The number of likely N-dealkylation sites (tertiary alicyclic amines) is 1. The fourth-order valence-corrected chi connectivity index (χ4v) is 4.64. The summed E-state index contributed by atoms with van der Waals surface area (Å²) in [5.74, 6) is -0.759. The zero-order valence-electron chi connectivity index (χ0n) is 15.7. The van der Waals surface area contributed by atoms with Crippen molar-refractivity contribution in [3.63, 3.8) is 0 Å². The first kappa shape index (κ1) is 18.1. The van der Waals surface area contributed by atoms with Crippen LogP contribution in [-0.2, 0) is 21.5 Å². The summed E-state index contributed by atoms with van der Waals surface area (Å²) in [6.45, 7) is 2.83. The molecule has 2 aromatic rings. The number of piperidine rings is 1. The molecule has 1 aromatic heterocycles. The maximum Gasteiger partial charge on any atom is 0.237 e. The maximum absolute atomic E-state index is 13.8. The van der Waals surface area contributed by atoms with Crippen molar-refractivity contribution in [2.45, 2.75) is 25.3 Å². The lowest BCUT2D eigenvalue weighted by Crippen LogP contribution is -2.59. The molecule has 1 saturated heterocycles. The van der Waals surface area contributed by atoms with Crippen LogP contribution < -0.4 is 0 Å². The van der Waals surface area contributed by atoms with E-state index in [-0.39, 0.29) is 29.1 Å². The Morgan fingerprint density at radius 1 is 1.18 bits per heavy atom. The van der Waals surface area contributed by atoms with Gasteiger partial charge in [0.1, 0.15) is 6.07 Å². The van der Waals surface area contributed by atoms with E-state index >= 15 is 0 Å². The Bertz CT molecular complexity index is 978. The summed E-state index contributed by atoms with van der Waals surface area (Å²) in [6, 6.07) is 17.2. The third-order valence-electron chi connectivity index (χ3n) is 6.04. The summed E-state index contributed by atoms with van der Waals surface area (Å²) in [5, 5.41) is 9.54. The summed E-state index contributed by atoms with van der Waals surface area (Å²) in [7, 11) is 0. The molecule has 1 aliphatic carbocycles. The first-order valence-electron chi connectivity index (χ1n) is 9.50. The van der Waals surface area contributed by atoms with Crippen LogP contribution in [0, 0.1) is 23.2 Å². The molecular weight excluding hydrogens is 350 g/mol. The van der Waals surface area contributed by atoms with Crippen LogP contribution in [0.1, 0.15) is 24.6 Å². The molecule has 0 saturated carbocycles. The van der Waals surface area contributed by atoms with Crippen LogP contribution in [0.15, 0.2) is 66.4 Å². The molecule has 2 heterocycles. The second kappa shape index (κ2) is 7.05. The molecule has 1 aromatic carbocycles. The number of hydrogen-bond acceptors (Lipinski definition) is 4. The molecule has 28 heavy (non-hydrogen) atoms. The summed E-state index contributed by atoms with van der Waals surface area (Å²) < 4.78 is 0. The number of benzene rings is 1. The molecule has 1 fully saturated rings. The molecule has 0 N–H and O–H groups in total. The molecule has 0 spiro atoms. The van der Waals surface area contributed by atoms with Gasteiger partial charge in [-0.2, -0.15) is 5.26 Å². The van der Waals surface area contributed by atoms with Crippen molar-refractivity contribution >= 4 is 11.7 Å². The number of nitrogens with zero attached hydrogens (tertiary/aromatic N) is 3. The number of ketones is 1. The Balaban J connectivity index is 1.84. The van der Waals surface area contributed by atoms with Crippen molar-refractivity contribution < 1.29 is 9.59 Å². The van der Waals surface area contributed by atoms with Crippen LogP contribution in [-0.4, -0.2) is 28.1 Å². The van der Waals surface area contributed by atoms with Crippen molar-refractivity contribution in [3.05, 3.63) is 77.6 Å². The largest absolute Gasteiger partial charge is 0.336 e. The number of hydrogen-bond donors (Lipinski definition) is 0. The number of allylic oxidation sites excluding steroid dienone is 1. The van der Waals surface area contributed by atoms with Gasteiger partial charge in [0.05, 0.1) is 23.2 Å². The fourth-order valence-electron chi connectivity index (χ4n) is 4.64. The lowest BCUT2D eigenvalue weighted by Gasteiger charge is -2.49. The monoisotopic (exact) mass is 371 g/mol. The number of amides is 1. The third kappa shape index (κ3) is 2.73. The summed E-state index contributed by atoms with van der Waals surface area (Å²) >= 11 is 0. The van der Waals surface area contributed by atoms with E-state index in [9.17, 15) is 14.9 Å². The minimum Gasteiger partial charge on any atom is -0.336 e. The molecular formula is C23H21N3O2. The molecule has 140 valence electrons. The third-order valence-corrected chi connectivity index (χ3v) is 6.04. The van der Waals surface area contributed by atoms with Crippen LogP contribution in [0.3, 0.4) is 0 Å². The molecule has 5 nitrogen and oxygen atoms in total. The summed E-state index contributed by atoms with van der Waals surface area (Å²) in [6.07, 6.45) is 4.05. The molecule has 0 radical (unpaired) electrons. The van der Waals surface area contributed by atoms with Gasteiger partial charge in [0.2, 0.25) is 5.91 Å². The van der Waals surface area contributed by atoms with Crippen molar-refractivity contribution in [2.75, 3.05) is 6.54 Å². The van der Waals surface area contributed by atoms with Crippen molar-refractivity contribution in [1.82, 2.24) is 9.88 Å². The second-order valence-electron chi connectivity index (χ2n) is 7.50. The van der Waals surface area contributed by atoms with E-state index in [0.29, 0.717) is 19.5 Å². The Labute approximate surface area is 164 Å². The van der Waals surface area contributed by atoms with Gasteiger partial charge in [0.25, 0.3) is 0 Å². The second-order valence-corrected chi connectivity index (χ2v) is 7.50. The average molecular weight is 371 g/mol. The molecule has 1 aliphatic heterocycles. The van der Waals surface area contributed by atoms with Gasteiger partial charge in [-0.3, -0.25) is 14.6 Å². The predicted octanol–water partition coefficient (Wildman–Crippen LogP) is 3.04. The van der Waals surface area contributed by atoms with E-state index < -0.39 is 5.41 Å². The fraction of sp³-hybridized carbons (Fsp3) is 0.304. The normalized spacial score (nSPS) is 27.0. The predicted molar refractivity (Wildman–Crippen MR) is 104 cm³/mol. The van der Waals surface area contributed by atoms with Gasteiger partial charge in [0, 0.05) is 18.7 Å². The number of carbonyl (C=O) groups excluding carboxylic acids is 2. The number of nitriles is 1. The van der Waals surface area contributed by atoms with Crippen LogP contribution in [0.4, 0.5) is 0 Å². The molecule has 0 bridgehead atoms. The minimum atomic E-state index is -0.993. The highest BCUT2D eigenvalue weighted by Gasteiger charge is 2.56. The molecule has 5 heteroatoms. The van der Waals surface area contributed by atoms with Crippen LogP contribution >= 0.6 is 0 Å². The number of fused-ring (bicyclic) bond motifs is 1. The molecule has 1 amide bonds. The van der Waals surface area contributed by atoms with Gasteiger partial charge in [-0.05, 0) is 36.1 Å². The van der Waals surface area contributed by atoms with Crippen LogP contribution in [0.25, 0.3) is 0 Å². The average Bonchev–Trinajstić information content (AvgIpc) is 2.74. The first-order chi connectivity index (χ1) is 13.6. The van der Waals surface area contributed by atoms with E-state index in [0.717, 1.165) is 11.3 Å². The molecule has 3 atom stereocenters. The Hall–Kier alpha value is -3.26. The highest BCUT2D eigenvalue weighted by molar-refractivity contribution is 6.06. The number of Topliss-reactive ketones (excluding diaryl/α,β-unsaturated/α-hetero) is 1. The van der Waals surface area contributed by atoms with Crippen molar-refractivity contribution in [1.29, 1.82) is 5.26 Å². The number of aromatic nitrogens is 1. The minimum absolute atomic E-state index is 0.0623. The van der Waals surface area contributed by atoms with E-state index in [2.05, 4.69) is 4.98 Å². The lowest BCUT2D eigenvalue weighted by molar-refractivity contribution is -0.145. The summed E-state index contributed by atoms with van der Waals surface area (Å²) in [5.41, 5.74) is 0.748. The zero-order valence-corrected chi connectivity index (χ0v) is 15.7. The van der Waals surface area contributed by atoms with Crippen LogP contribution in [0.2, 0.25) is 0 Å². The molecule has 0 unspecified atom stereocenters. The van der Waals surface area contributed by atoms with Gasteiger partial charge < -0.3 is 4.90 Å². The van der Waals surface area contributed by atoms with Gasteiger partial charge in [-0.1, -0.05) is 43.3 Å². The summed E-state index contributed by atoms with van der Waals surface area (Å²) in [4.78, 5) is 32.6. The lowest BCUT2D eigenvalue weighted by atomic mass is 9.57. The quantitative estimate of drug-likeness (QED) is 0.831. The van der Waals surface area contributed by atoms with E-state index in [1.54, 1.807) is 17.2 Å². The van der Waals surface area contributed by atoms with Gasteiger partial charge >= 0.3 is 0 Å². The Morgan fingerprint density at radius 3 is 2.61 bits per heavy atom. The van der Waals surface area contributed by atoms with Crippen molar-refractivity contribution in [2.24, 2.45) is 11.8 Å². The van der Waals surface area contributed by atoms with Crippen LogP contribution in [0.5, 0.6) is 0 Å². The smallest absolute Gasteiger partial charge is 0.237 e. The molecule has 2 aliphatic rings. The highest BCUT2D eigenvalue weighted by Crippen LogP contribution is 2.49. The van der Waals surface area contributed by atoms with E-state index in [1.165, 1.54) is 0 Å². The number of pyridine rings is 1. The first-order valence-corrected chi connectivity index (χ1v) is 9.50. The van der Waals surface area contributed by atoms with Gasteiger partial charge in [-0.15, -0.1) is 0 Å². The van der Waals surface area contributed by atoms with E-state index in [1.807, 2.05) is 61.5 Å². The zero-order chi connectivity index (χ0) is 19.7. The van der Waals surface area contributed by atoms with Gasteiger partial charge in [0.15, 0.2) is 5.78 Å². The Kier molecular flexibility index (Phi) is 4.56. The van der Waals surface area contributed by atoms with Crippen molar-refractivity contribution in [3.8, 4) is 6.07 Å². The number of carbonyl (C=O) groups is 2. The topological polar surface area (TPSA) is 74.1 Å². The SMILES string of the molecule is C[C@H]1C(=O)C(C#N)=C[C@]2(c3ccccc3)C(=O)N(Cc3ccccn3)CC[C@@H]12. The molecule has 4 rings (SSSR count).